The van der Waals surface area contributed by atoms with Crippen molar-refractivity contribution < 1.29 is 8.83 Å². The van der Waals surface area contributed by atoms with Crippen molar-refractivity contribution >= 4 is 65.6 Å². The molecule has 0 aliphatic heterocycles. The Morgan fingerprint density at radius 1 is 0.511 bits per heavy atom. The normalized spacial score (nSPS) is 12.0. The Balaban J connectivity index is 1.17. The van der Waals surface area contributed by atoms with Gasteiger partial charge in [0.1, 0.15) is 16.7 Å². The summed E-state index contributed by atoms with van der Waals surface area (Å²) in [5.41, 5.74) is 9.68. The Kier molecular flexibility index (Phi) is 4.96. The van der Waals surface area contributed by atoms with Gasteiger partial charge in [-0.1, -0.05) is 103 Å². The summed E-state index contributed by atoms with van der Waals surface area (Å²) in [6.07, 6.45) is 0. The van der Waals surface area contributed by atoms with Crippen LogP contribution in [0.3, 0.4) is 0 Å². The number of nitrogens with zero attached hydrogens (tertiary/aromatic N) is 2. The number of para-hydroxylation sites is 2. The molecule has 0 amide bonds. The number of furan rings is 1. The standard InChI is InChI=1S/C41H24N2O2/c1-2-10-25(11-3-1)33-24-36-38(37-32-15-7-9-17-35(32)44-40(33)37)42-41(45-36)27-18-21-28(22-19-27)43-34-16-8-6-14-30(34)31-23-20-26-12-4-5-13-29(26)39(31)43/h1-24H. The molecular weight excluding hydrogens is 552 g/mol. The summed E-state index contributed by atoms with van der Waals surface area (Å²) in [6.45, 7) is 0. The molecule has 10 rings (SSSR count). The van der Waals surface area contributed by atoms with Gasteiger partial charge in [0.05, 0.1) is 16.4 Å². The molecule has 0 N–H and O–H groups in total. The van der Waals surface area contributed by atoms with E-state index >= 15 is 0 Å². The quantitative estimate of drug-likeness (QED) is 0.210. The first-order valence-corrected chi connectivity index (χ1v) is 15.1. The van der Waals surface area contributed by atoms with Crippen LogP contribution >= 0.6 is 0 Å². The van der Waals surface area contributed by atoms with Crippen molar-refractivity contribution in [1.82, 2.24) is 9.55 Å². The van der Waals surface area contributed by atoms with Crippen LogP contribution in [0.2, 0.25) is 0 Å². The molecule has 0 spiro atoms. The van der Waals surface area contributed by atoms with Crippen molar-refractivity contribution in [3.8, 4) is 28.3 Å². The van der Waals surface area contributed by atoms with Gasteiger partial charge >= 0.3 is 0 Å². The van der Waals surface area contributed by atoms with Crippen LogP contribution < -0.4 is 0 Å². The van der Waals surface area contributed by atoms with E-state index in [1.807, 2.05) is 36.4 Å². The molecule has 0 saturated heterocycles. The van der Waals surface area contributed by atoms with Crippen molar-refractivity contribution in [2.45, 2.75) is 0 Å². The molecule has 0 saturated carbocycles. The van der Waals surface area contributed by atoms with Crippen LogP contribution in [0.15, 0.2) is 154 Å². The SMILES string of the molecule is c1ccc(-c2cc3oc(-c4ccc(-n5c6ccccc6c6ccc7ccccc7c65)cc4)nc3c3c2oc2ccccc23)cc1. The van der Waals surface area contributed by atoms with E-state index in [1.165, 1.54) is 32.6 Å². The Morgan fingerprint density at radius 2 is 1.24 bits per heavy atom. The fraction of sp³-hybridized carbons (Fsp3) is 0. The van der Waals surface area contributed by atoms with Crippen molar-refractivity contribution in [2.24, 2.45) is 0 Å². The molecule has 3 aromatic heterocycles. The highest BCUT2D eigenvalue weighted by atomic mass is 16.4. The fourth-order valence-corrected chi connectivity index (χ4v) is 6.98. The van der Waals surface area contributed by atoms with Gasteiger partial charge in [0.2, 0.25) is 5.89 Å². The minimum Gasteiger partial charge on any atom is -0.455 e. The number of oxazole rings is 1. The van der Waals surface area contributed by atoms with Crippen LogP contribution in [-0.2, 0) is 0 Å². The molecule has 45 heavy (non-hydrogen) atoms. The van der Waals surface area contributed by atoms with Gasteiger partial charge in [-0.2, -0.15) is 0 Å². The van der Waals surface area contributed by atoms with Crippen LogP contribution in [0, 0.1) is 0 Å². The average molecular weight is 577 g/mol. The van der Waals surface area contributed by atoms with Crippen molar-refractivity contribution in [2.75, 3.05) is 0 Å². The van der Waals surface area contributed by atoms with E-state index in [1.54, 1.807) is 0 Å². The molecule has 0 radical (unpaired) electrons. The molecule has 4 nitrogen and oxygen atoms in total. The molecule has 10 aromatic rings. The van der Waals surface area contributed by atoms with E-state index < -0.39 is 0 Å². The van der Waals surface area contributed by atoms with E-state index in [4.69, 9.17) is 13.8 Å². The number of rotatable bonds is 3. The first kappa shape index (κ1) is 24.3. The highest BCUT2D eigenvalue weighted by Crippen LogP contribution is 2.42. The third-order valence-corrected chi connectivity index (χ3v) is 9.02. The Bertz CT molecular complexity index is 2750. The number of hydrogen-bond donors (Lipinski definition) is 0. The zero-order chi connectivity index (χ0) is 29.5. The van der Waals surface area contributed by atoms with E-state index in [9.17, 15) is 0 Å². The Morgan fingerprint density at radius 3 is 2.11 bits per heavy atom. The Hall–Kier alpha value is -6.13. The Labute approximate surface area is 257 Å². The number of hydrogen-bond acceptors (Lipinski definition) is 3. The topological polar surface area (TPSA) is 44.1 Å². The van der Waals surface area contributed by atoms with E-state index in [2.05, 4.69) is 114 Å². The lowest BCUT2D eigenvalue weighted by Gasteiger charge is -2.10. The van der Waals surface area contributed by atoms with Crippen molar-refractivity contribution in [1.29, 1.82) is 0 Å². The first-order chi connectivity index (χ1) is 22.3. The predicted molar refractivity (Wildman–Crippen MR) is 184 cm³/mol. The van der Waals surface area contributed by atoms with Gasteiger partial charge < -0.3 is 13.4 Å². The molecule has 0 aliphatic rings. The number of fused-ring (bicyclic) bond motifs is 10. The van der Waals surface area contributed by atoms with Crippen LogP contribution in [0.25, 0.3) is 93.9 Å². The lowest BCUT2D eigenvalue weighted by Crippen LogP contribution is -1.94. The second kappa shape index (κ2) is 9.18. The summed E-state index contributed by atoms with van der Waals surface area (Å²) in [7, 11) is 0. The minimum atomic E-state index is 0.584. The molecule has 3 heterocycles. The molecule has 0 unspecified atom stereocenters. The summed E-state index contributed by atoms with van der Waals surface area (Å²) in [5.74, 6) is 0.584. The molecule has 0 atom stereocenters. The third-order valence-electron chi connectivity index (χ3n) is 9.02. The smallest absolute Gasteiger partial charge is 0.227 e. The molecule has 4 heteroatoms. The van der Waals surface area contributed by atoms with Crippen molar-refractivity contribution in [3.05, 3.63) is 146 Å². The second-order valence-corrected chi connectivity index (χ2v) is 11.5. The maximum atomic E-state index is 6.51. The van der Waals surface area contributed by atoms with E-state index in [0.29, 0.717) is 5.89 Å². The van der Waals surface area contributed by atoms with Gasteiger partial charge in [0.15, 0.2) is 5.58 Å². The largest absolute Gasteiger partial charge is 0.455 e. The highest BCUT2D eigenvalue weighted by molar-refractivity contribution is 6.21. The minimum absolute atomic E-state index is 0.584. The van der Waals surface area contributed by atoms with Gasteiger partial charge in [-0.25, -0.2) is 4.98 Å². The lowest BCUT2D eigenvalue weighted by atomic mass is 10.0. The summed E-state index contributed by atoms with van der Waals surface area (Å²) in [5, 5.41) is 6.96. The summed E-state index contributed by atoms with van der Waals surface area (Å²) < 4.78 is 15.3. The third kappa shape index (κ3) is 3.51. The number of benzene rings is 7. The maximum absolute atomic E-state index is 6.51. The molecule has 0 fully saturated rings. The van der Waals surface area contributed by atoms with Crippen LogP contribution in [-0.4, -0.2) is 9.55 Å². The monoisotopic (exact) mass is 576 g/mol. The first-order valence-electron chi connectivity index (χ1n) is 15.1. The number of aromatic nitrogens is 2. The van der Waals surface area contributed by atoms with E-state index in [0.717, 1.165) is 55.4 Å². The van der Waals surface area contributed by atoms with Crippen LogP contribution in [0.4, 0.5) is 0 Å². The average Bonchev–Trinajstić information content (AvgIpc) is 3.80. The summed E-state index contributed by atoms with van der Waals surface area (Å²) in [6, 6.07) is 50.7. The predicted octanol–water partition coefficient (Wildman–Crippen LogP) is 11.3. The molecule has 0 bridgehead atoms. The van der Waals surface area contributed by atoms with Crippen LogP contribution in [0.1, 0.15) is 0 Å². The van der Waals surface area contributed by atoms with Crippen LogP contribution in [0.5, 0.6) is 0 Å². The molecule has 7 aromatic carbocycles. The zero-order valence-electron chi connectivity index (χ0n) is 24.1. The summed E-state index contributed by atoms with van der Waals surface area (Å²) in [4.78, 5) is 5.07. The van der Waals surface area contributed by atoms with Gasteiger partial charge in [0, 0.05) is 38.4 Å². The van der Waals surface area contributed by atoms with Gasteiger partial charge in [-0.05, 0) is 53.4 Å². The molecular formula is C41H24N2O2. The second-order valence-electron chi connectivity index (χ2n) is 11.5. The summed E-state index contributed by atoms with van der Waals surface area (Å²) >= 11 is 0. The van der Waals surface area contributed by atoms with Gasteiger partial charge in [0.25, 0.3) is 0 Å². The van der Waals surface area contributed by atoms with E-state index in [-0.39, 0.29) is 0 Å². The maximum Gasteiger partial charge on any atom is 0.227 e. The lowest BCUT2D eigenvalue weighted by molar-refractivity contribution is 0.619. The molecule has 210 valence electrons. The van der Waals surface area contributed by atoms with Crippen molar-refractivity contribution in [3.63, 3.8) is 0 Å². The fourth-order valence-electron chi connectivity index (χ4n) is 6.98. The van der Waals surface area contributed by atoms with Gasteiger partial charge in [-0.15, -0.1) is 0 Å². The zero-order valence-corrected chi connectivity index (χ0v) is 24.1. The molecule has 0 aliphatic carbocycles. The highest BCUT2D eigenvalue weighted by Gasteiger charge is 2.21. The van der Waals surface area contributed by atoms with Gasteiger partial charge in [-0.3, -0.25) is 0 Å².